The molecule has 0 aliphatic heterocycles. The molecule has 0 spiro atoms. The van der Waals surface area contributed by atoms with E-state index in [-0.39, 0.29) is 21.7 Å². The quantitative estimate of drug-likeness (QED) is 0.521. The fourth-order valence-corrected chi connectivity index (χ4v) is 1.71. The Bertz CT molecular complexity index is 348. The molecule has 1 aromatic rings. The van der Waals surface area contributed by atoms with Gasteiger partial charge in [-0.3, -0.25) is 0 Å². The lowest BCUT2D eigenvalue weighted by Crippen LogP contribution is -2.00. The smallest absolute Gasteiger partial charge is 0.205 e. The van der Waals surface area contributed by atoms with Gasteiger partial charge in [0.15, 0.2) is 0 Å². The normalized spacial score (nSPS) is 11.9. The van der Waals surface area contributed by atoms with E-state index < -0.39 is 11.3 Å². The van der Waals surface area contributed by atoms with Crippen LogP contribution < -0.4 is 0 Å². The van der Waals surface area contributed by atoms with Crippen molar-refractivity contribution in [3.05, 3.63) is 28.5 Å². The molecule has 0 saturated carbocycles. The van der Waals surface area contributed by atoms with Crippen LogP contribution in [0.1, 0.15) is 5.56 Å². The molecule has 1 aromatic carbocycles. The number of thioether (sulfide) groups is 1. The van der Waals surface area contributed by atoms with Gasteiger partial charge in [0.05, 0.1) is 5.02 Å². The summed E-state index contributed by atoms with van der Waals surface area (Å²) >= 11 is 5.04. The summed E-state index contributed by atoms with van der Waals surface area (Å²) in [5, 5.41) is -0.172. The lowest BCUT2D eigenvalue weighted by Gasteiger charge is -2.08. The molecule has 14 heavy (non-hydrogen) atoms. The van der Waals surface area contributed by atoms with E-state index in [1.165, 1.54) is 13.0 Å². The Kier molecular flexibility index (Phi) is 3.32. The zero-order valence-corrected chi connectivity index (χ0v) is 8.53. The zero-order valence-electron chi connectivity index (χ0n) is 6.95. The predicted octanol–water partition coefficient (Wildman–Crippen LogP) is 4.40. The van der Waals surface area contributed by atoms with Crippen molar-refractivity contribution in [3.63, 3.8) is 0 Å². The Labute approximate surface area is 87.2 Å². The first kappa shape index (κ1) is 11.7. The van der Waals surface area contributed by atoms with Crippen LogP contribution in [-0.2, 0) is 0 Å². The van der Waals surface area contributed by atoms with Gasteiger partial charge in [0, 0.05) is 4.90 Å². The molecule has 0 unspecified atom stereocenters. The second-order valence-electron chi connectivity index (χ2n) is 2.58. The summed E-state index contributed by atoms with van der Waals surface area (Å²) in [5.41, 5.74) is -4.11. The molecule has 1 rings (SSSR count). The highest BCUT2D eigenvalue weighted by molar-refractivity contribution is 8.00. The summed E-state index contributed by atoms with van der Waals surface area (Å²) < 4.78 is 48.7. The number of benzene rings is 1. The fourth-order valence-electron chi connectivity index (χ4n) is 0.863. The van der Waals surface area contributed by atoms with Crippen LogP contribution in [-0.4, -0.2) is 5.51 Å². The fraction of sp³-hybridized carbons (Fsp3) is 0.250. The largest absolute Gasteiger partial charge is 0.446 e. The van der Waals surface area contributed by atoms with Crippen LogP contribution in [0.3, 0.4) is 0 Å². The van der Waals surface area contributed by atoms with Crippen LogP contribution in [0.15, 0.2) is 17.0 Å². The minimum atomic E-state index is -4.41. The Morgan fingerprint density at radius 2 is 1.86 bits per heavy atom. The van der Waals surface area contributed by atoms with Crippen molar-refractivity contribution in [1.82, 2.24) is 0 Å². The molecule has 0 aliphatic carbocycles. The Balaban J connectivity index is 3.04. The number of alkyl halides is 3. The van der Waals surface area contributed by atoms with Gasteiger partial charge >= 0.3 is 5.51 Å². The highest BCUT2D eigenvalue weighted by Gasteiger charge is 2.30. The van der Waals surface area contributed by atoms with Crippen molar-refractivity contribution in [3.8, 4) is 0 Å². The lowest BCUT2D eigenvalue weighted by atomic mass is 10.2. The summed E-state index contributed by atoms with van der Waals surface area (Å²) in [4.78, 5) is -0.167. The maximum Gasteiger partial charge on any atom is 0.446 e. The molecule has 0 aromatic heterocycles. The van der Waals surface area contributed by atoms with Crippen molar-refractivity contribution in [2.24, 2.45) is 0 Å². The molecule has 0 fully saturated rings. The third-order valence-electron chi connectivity index (χ3n) is 1.44. The lowest BCUT2D eigenvalue weighted by molar-refractivity contribution is -0.0328. The van der Waals surface area contributed by atoms with Crippen LogP contribution in [0.4, 0.5) is 17.6 Å². The van der Waals surface area contributed by atoms with E-state index in [2.05, 4.69) is 0 Å². The molecule has 0 amide bonds. The second kappa shape index (κ2) is 3.98. The summed E-state index contributed by atoms with van der Waals surface area (Å²) in [7, 11) is 0. The van der Waals surface area contributed by atoms with Crippen molar-refractivity contribution in [2.75, 3.05) is 0 Å². The van der Waals surface area contributed by atoms with Gasteiger partial charge in [-0.1, -0.05) is 11.6 Å². The SMILES string of the molecule is Cc1cc(Cl)c(F)cc1SC(F)(F)F. The first-order valence-corrected chi connectivity index (χ1v) is 4.70. The van der Waals surface area contributed by atoms with Crippen LogP contribution in [0.25, 0.3) is 0 Å². The van der Waals surface area contributed by atoms with Gasteiger partial charge in [-0.15, -0.1) is 0 Å². The minimum absolute atomic E-state index is 0.167. The first-order valence-electron chi connectivity index (χ1n) is 3.51. The van der Waals surface area contributed by atoms with Gasteiger partial charge in [0.25, 0.3) is 0 Å². The Morgan fingerprint density at radius 3 is 2.36 bits per heavy atom. The summed E-state index contributed by atoms with van der Waals surface area (Å²) in [5.74, 6) is -0.844. The first-order chi connectivity index (χ1) is 6.29. The maximum atomic E-state index is 12.8. The minimum Gasteiger partial charge on any atom is -0.205 e. The van der Waals surface area contributed by atoms with Crippen LogP contribution in [0.5, 0.6) is 0 Å². The van der Waals surface area contributed by atoms with Crippen LogP contribution >= 0.6 is 23.4 Å². The molecular formula is C8H5ClF4S. The molecule has 0 N–H and O–H groups in total. The molecular weight excluding hydrogens is 240 g/mol. The second-order valence-corrected chi connectivity index (χ2v) is 4.09. The summed E-state index contributed by atoms with van der Waals surface area (Å²) in [6, 6.07) is 1.96. The molecule has 0 heterocycles. The highest BCUT2D eigenvalue weighted by Crippen LogP contribution is 2.39. The molecule has 0 saturated heterocycles. The monoisotopic (exact) mass is 244 g/mol. The van der Waals surface area contributed by atoms with E-state index in [9.17, 15) is 17.6 Å². The molecule has 78 valence electrons. The molecule has 0 aliphatic rings. The van der Waals surface area contributed by atoms with Crippen molar-refractivity contribution in [1.29, 1.82) is 0 Å². The average Bonchev–Trinajstić information content (AvgIpc) is 1.97. The Morgan fingerprint density at radius 1 is 1.29 bits per heavy atom. The van der Waals surface area contributed by atoms with Gasteiger partial charge in [-0.2, -0.15) is 13.2 Å². The van der Waals surface area contributed by atoms with Crippen molar-refractivity contribution < 1.29 is 17.6 Å². The number of halogens is 5. The summed E-state index contributed by atoms with van der Waals surface area (Å²) in [6.07, 6.45) is 0. The number of rotatable bonds is 1. The van der Waals surface area contributed by atoms with Crippen LogP contribution in [0, 0.1) is 12.7 Å². The maximum absolute atomic E-state index is 12.8. The van der Waals surface area contributed by atoms with Crippen LogP contribution in [0.2, 0.25) is 5.02 Å². The van der Waals surface area contributed by atoms with E-state index in [1.807, 2.05) is 0 Å². The van der Waals surface area contributed by atoms with Gasteiger partial charge in [0.2, 0.25) is 0 Å². The van der Waals surface area contributed by atoms with E-state index in [0.717, 1.165) is 6.07 Å². The predicted molar refractivity (Wildman–Crippen MR) is 48.1 cm³/mol. The molecule has 0 bridgehead atoms. The third kappa shape index (κ3) is 3.06. The van der Waals surface area contributed by atoms with Gasteiger partial charge in [0.1, 0.15) is 5.82 Å². The van der Waals surface area contributed by atoms with E-state index >= 15 is 0 Å². The van der Waals surface area contributed by atoms with E-state index in [1.54, 1.807) is 0 Å². The van der Waals surface area contributed by atoms with E-state index in [4.69, 9.17) is 11.6 Å². The molecule has 0 nitrogen and oxygen atoms in total. The zero-order chi connectivity index (χ0) is 10.9. The Hall–Kier alpha value is -0.420. The number of aryl methyl sites for hydroxylation is 1. The standard InChI is InChI=1S/C8H5ClF4S/c1-4-2-5(9)6(10)3-7(4)14-8(11,12)13/h2-3H,1H3. The van der Waals surface area contributed by atoms with Gasteiger partial charge in [-0.25, -0.2) is 4.39 Å². The van der Waals surface area contributed by atoms with Crippen molar-refractivity contribution >= 4 is 23.4 Å². The van der Waals surface area contributed by atoms with E-state index in [0.29, 0.717) is 5.56 Å². The number of hydrogen-bond acceptors (Lipinski definition) is 1. The topological polar surface area (TPSA) is 0 Å². The molecule has 6 heteroatoms. The third-order valence-corrected chi connectivity index (χ3v) is 2.62. The number of hydrogen-bond donors (Lipinski definition) is 0. The summed E-state index contributed by atoms with van der Waals surface area (Å²) in [6.45, 7) is 1.44. The average molecular weight is 245 g/mol. The van der Waals surface area contributed by atoms with Crippen molar-refractivity contribution in [2.45, 2.75) is 17.3 Å². The molecule has 0 radical (unpaired) electrons. The van der Waals surface area contributed by atoms with Gasteiger partial charge < -0.3 is 0 Å². The van der Waals surface area contributed by atoms with Gasteiger partial charge in [-0.05, 0) is 36.4 Å². The highest BCUT2D eigenvalue weighted by atomic mass is 35.5. The molecule has 0 atom stereocenters.